The largest absolute Gasteiger partial charge is 0.481 e. The first-order valence-electron chi connectivity index (χ1n) is 6.97. The lowest BCUT2D eigenvalue weighted by Gasteiger charge is -2.31. The predicted molar refractivity (Wildman–Crippen MR) is 72.4 cm³/mol. The molecule has 7 nitrogen and oxygen atoms in total. The molecule has 2 fully saturated rings. The lowest BCUT2D eigenvalue weighted by Crippen LogP contribution is -2.51. The molecular formula is C12H22N2O5S. The molecule has 0 radical (unpaired) electrons. The Labute approximate surface area is 119 Å². The first kappa shape index (κ1) is 15.7. The molecular weight excluding hydrogens is 284 g/mol. The van der Waals surface area contributed by atoms with Crippen LogP contribution in [0.1, 0.15) is 32.1 Å². The number of methoxy groups -OCH3 is 1. The fourth-order valence-corrected chi connectivity index (χ4v) is 4.52. The molecule has 1 heterocycles. The van der Waals surface area contributed by atoms with Crippen LogP contribution in [0, 0.1) is 5.92 Å². The van der Waals surface area contributed by atoms with Crippen LogP contribution in [0.5, 0.6) is 0 Å². The summed E-state index contributed by atoms with van der Waals surface area (Å²) in [4.78, 5) is 11.0. The van der Waals surface area contributed by atoms with Gasteiger partial charge in [0, 0.05) is 26.2 Å². The summed E-state index contributed by atoms with van der Waals surface area (Å²) in [7, 11) is -2.05. The normalized spacial score (nSPS) is 32.4. The van der Waals surface area contributed by atoms with Crippen LogP contribution in [-0.2, 0) is 19.7 Å². The van der Waals surface area contributed by atoms with Crippen LogP contribution in [0.4, 0.5) is 0 Å². The zero-order valence-corrected chi connectivity index (χ0v) is 12.4. The Balaban J connectivity index is 2.00. The Morgan fingerprint density at radius 1 is 1.30 bits per heavy atom. The zero-order chi connectivity index (χ0) is 14.8. The number of ether oxygens (including phenoxy) is 1. The maximum atomic E-state index is 12.3. The van der Waals surface area contributed by atoms with Crippen molar-refractivity contribution in [3.63, 3.8) is 0 Å². The lowest BCUT2D eigenvalue weighted by atomic mass is 10.0. The van der Waals surface area contributed by atoms with Gasteiger partial charge in [0.25, 0.3) is 10.2 Å². The van der Waals surface area contributed by atoms with Gasteiger partial charge >= 0.3 is 5.97 Å². The first-order chi connectivity index (χ1) is 9.44. The van der Waals surface area contributed by atoms with Crippen LogP contribution in [0.3, 0.4) is 0 Å². The van der Waals surface area contributed by atoms with Crippen molar-refractivity contribution in [2.75, 3.05) is 20.2 Å². The highest BCUT2D eigenvalue weighted by Gasteiger charge is 2.36. The highest BCUT2D eigenvalue weighted by atomic mass is 32.2. The van der Waals surface area contributed by atoms with Crippen molar-refractivity contribution in [3.8, 4) is 0 Å². The number of piperidine rings is 1. The van der Waals surface area contributed by atoms with Gasteiger partial charge in [-0.15, -0.1) is 0 Å². The summed E-state index contributed by atoms with van der Waals surface area (Å²) in [5.74, 6) is -1.54. The van der Waals surface area contributed by atoms with Gasteiger partial charge in [-0.25, -0.2) is 0 Å². The van der Waals surface area contributed by atoms with E-state index in [0.717, 1.165) is 19.3 Å². The second-order valence-electron chi connectivity index (χ2n) is 5.47. The Hall–Kier alpha value is -0.700. The number of rotatable bonds is 5. The molecule has 3 atom stereocenters. The molecule has 1 aliphatic carbocycles. The van der Waals surface area contributed by atoms with E-state index in [1.54, 1.807) is 7.11 Å². The quantitative estimate of drug-likeness (QED) is 0.755. The van der Waals surface area contributed by atoms with Crippen molar-refractivity contribution in [2.24, 2.45) is 5.92 Å². The summed E-state index contributed by atoms with van der Waals surface area (Å²) in [6.45, 7) is 0.429. The van der Waals surface area contributed by atoms with Gasteiger partial charge in [0.15, 0.2) is 0 Å². The fraction of sp³-hybridized carbons (Fsp3) is 0.917. The third kappa shape index (κ3) is 3.49. The highest BCUT2D eigenvalue weighted by molar-refractivity contribution is 7.87. The van der Waals surface area contributed by atoms with E-state index in [4.69, 9.17) is 9.84 Å². The lowest BCUT2D eigenvalue weighted by molar-refractivity contribution is -0.142. The van der Waals surface area contributed by atoms with Gasteiger partial charge in [-0.05, 0) is 32.1 Å². The second-order valence-corrected chi connectivity index (χ2v) is 7.17. The van der Waals surface area contributed by atoms with E-state index in [-0.39, 0.29) is 18.7 Å². The third-order valence-electron chi connectivity index (χ3n) is 4.13. The van der Waals surface area contributed by atoms with Crippen molar-refractivity contribution < 1.29 is 23.1 Å². The summed E-state index contributed by atoms with van der Waals surface area (Å²) in [6, 6.07) is -0.213. The van der Waals surface area contributed by atoms with Crippen LogP contribution in [0.2, 0.25) is 0 Å². The number of nitrogens with one attached hydrogen (secondary N) is 1. The van der Waals surface area contributed by atoms with Gasteiger partial charge in [-0.2, -0.15) is 17.4 Å². The van der Waals surface area contributed by atoms with Gasteiger partial charge in [-0.3, -0.25) is 4.79 Å². The molecule has 2 rings (SSSR count). The van der Waals surface area contributed by atoms with Crippen LogP contribution < -0.4 is 4.72 Å². The molecule has 20 heavy (non-hydrogen) atoms. The minimum atomic E-state index is -3.64. The third-order valence-corrected chi connectivity index (χ3v) is 5.74. The van der Waals surface area contributed by atoms with Gasteiger partial charge < -0.3 is 9.84 Å². The molecule has 0 aromatic heterocycles. The fourth-order valence-electron chi connectivity index (χ4n) is 2.97. The summed E-state index contributed by atoms with van der Waals surface area (Å²) >= 11 is 0. The molecule has 3 unspecified atom stereocenters. The molecule has 8 heteroatoms. The van der Waals surface area contributed by atoms with Crippen molar-refractivity contribution in [1.29, 1.82) is 0 Å². The molecule has 116 valence electrons. The zero-order valence-electron chi connectivity index (χ0n) is 11.6. The number of hydrogen-bond acceptors (Lipinski definition) is 4. The van der Waals surface area contributed by atoms with Crippen molar-refractivity contribution in [2.45, 2.75) is 44.2 Å². The molecule has 0 aromatic carbocycles. The Bertz CT molecular complexity index is 453. The van der Waals surface area contributed by atoms with E-state index >= 15 is 0 Å². The molecule has 2 N–H and O–H groups in total. The number of aliphatic carboxylic acids is 1. The van der Waals surface area contributed by atoms with E-state index in [1.807, 2.05) is 0 Å². The molecule has 1 saturated carbocycles. The first-order valence-corrected chi connectivity index (χ1v) is 8.41. The number of nitrogens with zero attached hydrogens (tertiary/aromatic N) is 1. The monoisotopic (exact) mass is 306 g/mol. The number of carboxylic acids is 1. The highest BCUT2D eigenvalue weighted by Crippen LogP contribution is 2.24. The minimum absolute atomic E-state index is 0.0506. The average molecular weight is 306 g/mol. The summed E-state index contributed by atoms with van der Waals surface area (Å²) in [5.41, 5.74) is 0. The van der Waals surface area contributed by atoms with Crippen molar-refractivity contribution >= 4 is 16.2 Å². The SMILES string of the molecule is COC1CCCC1NS(=O)(=O)N1CCCC(C(=O)O)C1. The van der Waals surface area contributed by atoms with E-state index in [0.29, 0.717) is 19.4 Å². The standard InChI is InChI=1S/C12H22N2O5S/c1-19-11-6-2-5-10(11)13-20(17,18)14-7-3-4-9(8-14)12(15)16/h9-11,13H,2-8H2,1H3,(H,15,16). The summed E-state index contributed by atoms with van der Waals surface area (Å²) < 4.78 is 33.9. The molecule has 0 aromatic rings. The minimum Gasteiger partial charge on any atom is -0.481 e. The smallest absolute Gasteiger partial charge is 0.307 e. The number of hydrogen-bond donors (Lipinski definition) is 2. The van der Waals surface area contributed by atoms with E-state index < -0.39 is 22.1 Å². The van der Waals surface area contributed by atoms with Crippen LogP contribution in [-0.4, -0.2) is 56.1 Å². The molecule has 2 aliphatic rings. The van der Waals surface area contributed by atoms with E-state index in [9.17, 15) is 13.2 Å². The maximum absolute atomic E-state index is 12.3. The number of carboxylic acid groups (broad SMARTS) is 1. The molecule has 0 spiro atoms. The topological polar surface area (TPSA) is 95.9 Å². The Morgan fingerprint density at radius 3 is 2.70 bits per heavy atom. The molecule has 1 aliphatic heterocycles. The molecule has 0 bridgehead atoms. The predicted octanol–water partition coefficient (Wildman–Crippen LogP) is 0.185. The van der Waals surface area contributed by atoms with E-state index in [1.165, 1.54) is 4.31 Å². The van der Waals surface area contributed by atoms with Crippen LogP contribution >= 0.6 is 0 Å². The Morgan fingerprint density at radius 2 is 2.05 bits per heavy atom. The van der Waals surface area contributed by atoms with Gasteiger partial charge in [0.2, 0.25) is 0 Å². The molecule has 0 amide bonds. The van der Waals surface area contributed by atoms with Crippen molar-refractivity contribution in [3.05, 3.63) is 0 Å². The summed E-state index contributed by atoms with van der Waals surface area (Å²) in [6.07, 6.45) is 3.56. The average Bonchev–Trinajstić information content (AvgIpc) is 2.85. The Kier molecular flexibility index (Phi) is 5.00. The van der Waals surface area contributed by atoms with Gasteiger partial charge in [-0.1, -0.05) is 0 Å². The second kappa shape index (κ2) is 6.38. The maximum Gasteiger partial charge on any atom is 0.307 e. The van der Waals surface area contributed by atoms with Crippen molar-refractivity contribution in [1.82, 2.24) is 9.03 Å². The van der Waals surface area contributed by atoms with Gasteiger partial charge in [0.05, 0.1) is 12.0 Å². The van der Waals surface area contributed by atoms with Gasteiger partial charge in [0.1, 0.15) is 0 Å². The van der Waals surface area contributed by atoms with Crippen LogP contribution in [0.15, 0.2) is 0 Å². The van der Waals surface area contributed by atoms with Crippen LogP contribution in [0.25, 0.3) is 0 Å². The number of carbonyl (C=O) groups is 1. The molecule has 1 saturated heterocycles. The summed E-state index contributed by atoms with van der Waals surface area (Å²) in [5, 5.41) is 9.02. The van der Waals surface area contributed by atoms with E-state index in [2.05, 4.69) is 4.72 Å².